The number of nitrogens with zero attached hydrogens (tertiary/aromatic N) is 1. The molecule has 0 fully saturated rings. The van der Waals surface area contributed by atoms with Crippen LogP contribution in [-0.2, 0) is 0 Å². The first kappa shape index (κ1) is 13.9. The second kappa shape index (κ2) is 5.17. The molecule has 4 nitrogen and oxygen atoms in total. The zero-order valence-corrected chi connectivity index (χ0v) is 13.0. The van der Waals surface area contributed by atoms with Gasteiger partial charge in [0.25, 0.3) is 5.91 Å². The van der Waals surface area contributed by atoms with E-state index in [4.69, 9.17) is 0 Å². The number of anilines is 1. The lowest BCUT2D eigenvalue weighted by atomic mass is 10.2. The van der Waals surface area contributed by atoms with Gasteiger partial charge in [0.1, 0.15) is 11.5 Å². The van der Waals surface area contributed by atoms with Crippen LogP contribution < -0.4 is 5.32 Å². The fraction of sp³-hybridized carbons (Fsp3) is 0.0588. The van der Waals surface area contributed by atoms with Crippen LogP contribution in [0.25, 0.3) is 21.1 Å². The standard InChI is InChI=1S/C17H12FN3OS/c1-9-2-4-13-15(6-9)23-17(20-13)21-16(22)14-8-10-7-11(18)3-5-12(10)19-14/h2-8,19H,1H3,(H,20,21,22). The number of nitrogens with one attached hydrogen (secondary N) is 2. The van der Waals surface area contributed by atoms with Crippen molar-refractivity contribution in [3.05, 3.63) is 59.5 Å². The van der Waals surface area contributed by atoms with Crippen LogP contribution in [0, 0.1) is 12.7 Å². The van der Waals surface area contributed by atoms with Crippen molar-refractivity contribution in [2.24, 2.45) is 0 Å². The van der Waals surface area contributed by atoms with Crippen LogP contribution in [0.4, 0.5) is 9.52 Å². The Kier molecular flexibility index (Phi) is 3.12. The molecular formula is C17H12FN3OS. The van der Waals surface area contributed by atoms with E-state index in [-0.39, 0.29) is 11.7 Å². The van der Waals surface area contributed by atoms with Crippen molar-refractivity contribution in [3.8, 4) is 0 Å². The van der Waals surface area contributed by atoms with Gasteiger partial charge in [-0.2, -0.15) is 0 Å². The third-order valence-corrected chi connectivity index (χ3v) is 4.53. The third-order valence-electron chi connectivity index (χ3n) is 3.59. The van der Waals surface area contributed by atoms with Crippen molar-refractivity contribution in [1.29, 1.82) is 0 Å². The highest BCUT2D eigenvalue weighted by Gasteiger charge is 2.13. The van der Waals surface area contributed by atoms with Gasteiger partial charge < -0.3 is 4.98 Å². The Hall–Kier alpha value is -2.73. The second-order valence-corrected chi connectivity index (χ2v) is 6.39. The molecule has 2 heterocycles. The first-order chi connectivity index (χ1) is 11.1. The van der Waals surface area contributed by atoms with Crippen molar-refractivity contribution in [2.45, 2.75) is 6.92 Å². The highest BCUT2D eigenvalue weighted by molar-refractivity contribution is 7.22. The van der Waals surface area contributed by atoms with Gasteiger partial charge in [-0.1, -0.05) is 17.4 Å². The summed E-state index contributed by atoms with van der Waals surface area (Å²) < 4.78 is 14.2. The molecule has 0 spiro atoms. The Labute approximate surface area is 135 Å². The molecular weight excluding hydrogens is 313 g/mol. The number of aromatic amines is 1. The number of carbonyl (C=O) groups excluding carboxylic acids is 1. The number of hydrogen-bond acceptors (Lipinski definition) is 3. The van der Waals surface area contributed by atoms with Crippen LogP contribution >= 0.6 is 11.3 Å². The molecule has 2 aromatic heterocycles. The van der Waals surface area contributed by atoms with Crippen molar-refractivity contribution in [2.75, 3.05) is 5.32 Å². The smallest absolute Gasteiger partial charge is 0.273 e. The Morgan fingerprint density at radius 1 is 1.22 bits per heavy atom. The number of fused-ring (bicyclic) bond motifs is 2. The average molecular weight is 325 g/mol. The van der Waals surface area contributed by atoms with Crippen LogP contribution in [0.5, 0.6) is 0 Å². The Morgan fingerprint density at radius 2 is 2.09 bits per heavy atom. The molecule has 2 N–H and O–H groups in total. The van der Waals surface area contributed by atoms with Gasteiger partial charge in [-0.15, -0.1) is 0 Å². The molecule has 1 amide bonds. The van der Waals surface area contributed by atoms with E-state index in [0.717, 1.165) is 21.3 Å². The number of aromatic nitrogens is 2. The van der Waals surface area contributed by atoms with E-state index in [2.05, 4.69) is 15.3 Å². The summed E-state index contributed by atoms with van der Waals surface area (Å²) in [6.45, 7) is 2.01. The van der Waals surface area contributed by atoms with Crippen LogP contribution in [0.1, 0.15) is 16.1 Å². The minimum absolute atomic E-state index is 0.294. The quantitative estimate of drug-likeness (QED) is 0.571. The number of carbonyl (C=O) groups is 1. The topological polar surface area (TPSA) is 57.8 Å². The maximum atomic E-state index is 13.2. The highest BCUT2D eigenvalue weighted by Crippen LogP contribution is 2.27. The van der Waals surface area contributed by atoms with Gasteiger partial charge in [-0.25, -0.2) is 9.37 Å². The predicted molar refractivity (Wildman–Crippen MR) is 90.6 cm³/mol. The lowest BCUT2D eigenvalue weighted by Gasteiger charge is -1.97. The number of H-pyrrole nitrogens is 1. The molecule has 0 bridgehead atoms. The van der Waals surface area contributed by atoms with Gasteiger partial charge >= 0.3 is 0 Å². The summed E-state index contributed by atoms with van der Waals surface area (Å²) in [6, 6.07) is 11.9. The van der Waals surface area contributed by atoms with E-state index >= 15 is 0 Å². The van der Waals surface area contributed by atoms with Gasteiger partial charge in [-0.05, 0) is 48.9 Å². The van der Waals surface area contributed by atoms with E-state index in [1.54, 1.807) is 12.1 Å². The molecule has 4 aromatic rings. The van der Waals surface area contributed by atoms with Gasteiger partial charge in [0.15, 0.2) is 5.13 Å². The largest absolute Gasteiger partial charge is 0.351 e. The maximum Gasteiger partial charge on any atom is 0.273 e. The van der Waals surface area contributed by atoms with Crippen LogP contribution in [-0.4, -0.2) is 15.9 Å². The molecule has 23 heavy (non-hydrogen) atoms. The van der Waals surface area contributed by atoms with Crippen LogP contribution in [0.15, 0.2) is 42.5 Å². The Bertz CT molecular complexity index is 1050. The Balaban J connectivity index is 1.64. The Morgan fingerprint density at radius 3 is 2.96 bits per heavy atom. The number of aryl methyl sites for hydroxylation is 1. The molecule has 0 aliphatic rings. The van der Waals surface area contributed by atoms with Gasteiger partial charge in [0, 0.05) is 10.9 Å². The summed E-state index contributed by atoms with van der Waals surface area (Å²) in [5.41, 5.74) is 3.10. The monoisotopic (exact) mass is 325 g/mol. The maximum absolute atomic E-state index is 13.2. The lowest BCUT2D eigenvalue weighted by Crippen LogP contribution is -2.11. The SMILES string of the molecule is Cc1ccc2nc(NC(=O)c3cc4cc(F)ccc4[nH]3)sc2c1. The predicted octanol–water partition coefficient (Wildman–Crippen LogP) is 4.48. The average Bonchev–Trinajstić information content (AvgIpc) is 3.09. The van der Waals surface area contributed by atoms with E-state index in [9.17, 15) is 9.18 Å². The number of halogens is 1. The molecule has 0 saturated heterocycles. The van der Waals surface area contributed by atoms with Crippen molar-refractivity contribution >= 4 is 43.5 Å². The zero-order chi connectivity index (χ0) is 16.0. The minimum atomic E-state index is -0.329. The van der Waals surface area contributed by atoms with E-state index in [1.165, 1.54) is 23.5 Å². The number of amides is 1. The van der Waals surface area contributed by atoms with E-state index in [0.29, 0.717) is 16.2 Å². The molecule has 0 unspecified atom stereocenters. The highest BCUT2D eigenvalue weighted by atomic mass is 32.1. The van der Waals surface area contributed by atoms with Gasteiger partial charge in [0.05, 0.1) is 10.2 Å². The molecule has 114 valence electrons. The molecule has 2 aromatic carbocycles. The molecule has 0 aliphatic carbocycles. The normalized spacial score (nSPS) is 11.2. The molecule has 0 saturated carbocycles. The summed E-state index contributed by atoms with van der Waals surface area (Å²) in [4.78, 5) is 19.7. The molecule has 0 aliphatic heterocycles. The number of hydrogen-bond donors (Lipinski definition) is 2. The first-order valence-electron chi connectivity index (χ1n) is 7.05. The van der Waals surface area contributed by atoms with Crippen molar-refractivity contribution < 1.29 is 9.18 Å². The number of rotatable bonds is 2. The van der Waals surface area contributed by atoms with E-state index < -0.39 is 0 Å². The summed E-state index contributed by atoms with van der Waals surface area (Å²) in [7, 11) is 0. The summed E-state index contributed by atoms with van der Waals surface area (Å²) in [5, 5.41) is 3.99. The number of thiazole rings is 1. The number of benzene rings is 2. The third kappa shape index (κ3) is 2.57. The second-order valence-electron chi connectivity index (χ2n) is 5.36. The summed E-state index contributed by atoms with van der Waals surface area (Å²) in [6.07, 6.45) is 0. The van der Waals surface area contributed by atoms with Gasteiger partial charge in [0.2, 0.25) is 0 Å². The van der Waals surface area contributed by atoms with Crippen molar-refractivity contribution in [1.82, 2.24) is 9.97 Å². The fourth-order valence-corrected chi connectivity index (χ4v) is 3.43. The summed E-state index contributed by atoms with van der Waals surface area (Å²) in [5.74, 6) is -0.623. The fourth-order valence-electron chi connectivity index (χ4n) is 2.48. The summed E-state index contributed by atoms with van der Waals surface area (Å²) >= 11 is 1.43. The van der Waals surface area contributed by atoms with Crippen molar-refractivity contribution in [3.63, 3.8) is 0 Å². The molecule has 0 atom stereocenters. The molecule has 6 heteroatoms. The lowest BCUT2D eigenvalue weighted by molar-refractivity contribution is 0.102. The van der Waals surface area contributed by atoms with E-state index in [1.807, 2.05) is 25.1 Å². The van der Waals surface area contributed by atoms with Crippen LogP contribution in [0.2, 0.25) is 0 Å². The minimum Gasteiger partial charge on any atom is -0.351 e. The molecule has 0 radical (unpaired) electrons. The molecule has 4 rings (SSSR count). The first-order valence-corrected chi connectivity index (χ1v) is 7.87. The van der Waals surface area contributed by atoms with Gasteiger partial charge in [-0.3, -0.25) is 10.1 Å². The van der Waals surface area contributed by atoms with Crippen LogP contribution in [0.3, 0.4) is 0 Å². The zero-order valence-electron chi connectivity index (χ0n) is 12.2.